The van der Waals surface area contributed by atoms with Crippen molar-refractivity contribution in [3.63, 3.8) is 0 Å². The zero-order chi connectivity index (χ0) is 21.9. The van der Waals surface area contributed by atoms with Crippen LogP contribution in [0.1, 0.15) is 59.8 Å². The van der Waals surface area contributed by atoms with Crippen molar-refractivity contribution >= 4 is 38.6 Å². The van der Waals surface area contributed by atoms with Gasteiger partial charge >= 0.3 is 5.97 Å². The summed E-state index contributed by atoms with van der Waals surface area (Å²) in [6.45, 7) is 9.28. The Balaban J connectivity index is 1.68. The third kappa shape index (κ3) is 8.53. The van der Waals surface area contributed by atoms with Gasteiger partial charge in [-0.3, -0.25) is 9.59 Å². The molecule has 7 heteroatoms. The monoisotopic (exact) mass is 432 g/mol. The van der Waals surface area contributed by atoms with E-state index in [1.165, 1.54) is 16.9 Å². The van der Waals surface area contributed by atoms with Crippen molar-refractivity contribution in [2.24, 2.45) is 5.92 Å². The molecule has 1 heterocycles. The molecule has 0 saturated heterocycles. The van der Waals surface area contributed by atoms with Crippen molar-refractivity contribution in [3.05, 3.63) is 29.8 Å². The molecule has 0 bridgehead atoms. The summed E-state index contributed by atoms with van der Waals surface area (Å²) < 4.78 is 11.7. The van der Waals surface area contributed by atoms with Gasteiger partial charge in [0.2, 0.25) is 5.91 Å². The zero-order valence-corrected chi connectivity index (χ0v) is 19.1. The molecular formula is C23H32N2O4S. The van der Waals surface area contributed by atoms with E-state index < -0.39 is 0 Å². The Kier molecular flexibility index (Phi) is 9.80. The Bertz CT molecular complexity index is 871. The SMILES string of the molecule is CCOc1ccc2nc(NC(=O)CCC(=O)OCC[C@H](C)CCC=C(C)C)sc2c1. The van der Waals surface area contributed by atoms with E-state index in [1.807, 2.05) is 25.1 Å². The highest BCUT2D eigenvalue weighted by Crippen LogP contribution is 2.29. The van der Waals surface area contributed by atoms with Crippen molar-refractivity contribution in [2.75, 3.05) is 18.5 Å². The van der Waals surface area contributed by atoms with Crippen LogP contribution in [-0.2, 0) is 14.3 Å². The van der Waals surface area contributed by atoms with Gasteiger partial charge in [-0.15, -0.1) is 0 Å². The number of aromatic nitrogens is 1. The first-order valence-corrected chi connectivity index (χ1v) is 11.3. The van der Waals surface area contributed by atoms with E-state index in [9.17, 15) is 9.59 Å². The minimum atomic E-state index is -0.340. The third-order valence-electron chi connectivity index (χ3n) is 4.56. The third-order valence-corrected chi connectivity index (χ3v) is 5.49. The highest BCUT2D eigenvalue weighted by atomic mass is 32.1. The highest BCUT2D eigenvalue weighted by Gasteiger charge is 2.12. The van der Waals surface area contributed by atoms with Crippen molar-refractivity contribution in [1.82, 2.24) is 4.98 Å². The van der Waals surface area contributed by atoms with Gasteiger partial charge in [0, 0.05) is 6.42 Å². The number of amides is 1. The van der Waals surface area contributed by atoms with Gasteiger partial charge in [-0.05, 0) is 64.2 Å². The van der Waals surface area contributed by atoms with Crippen LogP contribution < -0.4 is 10.1 Å². The number of nitrogens with one attached hydrogen (secondary N) is 1. The Morgan fingerprint density at radius 2 is 2.03 bits per heavy atom. The lowest BCUT2D eigenvalue weighted by Crippen LogP contribution is -2.15. The molecule has 164 valence electrons. The molecule has 6 nitrogen and oxygen atoms in total. The largest absolute Gasteiger partial charge is 0.494 e. The summed E-state index contributed by atoms with van der Waals surface area (Å²) in [7, 11) is 0. The number of anilines is 1. The predicted molar refractivity (Wildman–Crippen MR) is 122 cm³/mol. The molecule has 2 aromatic rings. The highest BCUT2D eigenvalue weighted by molar-refractivity contribution is 7.22. The first-order chi connectivity index (χ1) is 14.4. The number of hydrogen-bond acceptors (Lipinski definition) is 6. The number of ether oxygens (including phenoxy) is 2. The van der Waals surface area contributed by atoms with Gasteiger partial charge in [-0.1, -0.05) is 29.9 Å². The van der Waals surface area contributed by atoms with E-state index >= 15 is 0 Å². The summed E-state index contributed by atoms with van der Waals surface area (Å²) in [6, 6.07) is 5.63. The minimum Gasteiger partial charge on any atom is -0.494 e. The van der Waals surface area contributed by atoms with Gasteiger partial charge in [0.05, 0.1) is 29.9 Å². The summed E-state index contributed by atoms with van der Waals surface area (Å²) in [4.78, 5) is 28.4. The van der Waals surface area contributed by atoms with E-state index in [-0.39, 0.29) is 24.7 Å². The second kappa shape index (κ2) is 12.3. The molecule has 2 rings (SSSR count). The Morgan fingerprint density at radius 1 is 1.23 bits per heavy atom. The maximum atomic E-state index is 12.1. The van der Waals surface area contributed by atoms with Crippen LogP contribution in [-0.4, -0.2) is 30.1 Å². The topological polar surface area (TPSA) is 77.5 Å². The van der Waals surface area contributed by atoms with Gasteiger partial charge in [-0.2, -0.15) is 0 Å². The van der Waals surface area contributed by atoms with Crippen molar-refractivity contribution in [1.29, 1.82) is 0 Å². The molecule has 1 aromatic carbocycles. The fraction of sp³-hybridized carbons (Fsp3) is 0.522. The molecule has 0 saturated carbocycles. The van der Waals surface area contributed by atoms with Gasteiger partial charge < -0.3 is 14.8 Å². The van der Waals surface area contributed by atoms with Crippen LogP contribution in [0, 0.1) is 5.92 Å². The normalized spacial score (nSPS) is 11.7. The lowest BCUT2D eigenvalue weighted by molar-refractivity contribution is -0.145. The van der Waals surface area contributed by atoms with Crippen LogP contribution in [0.25, 0.3) is 10.2 Å². The lowest BCUT2D eigenvalue weighted by Gasteiger charge is -2.10. The fourth-order valence-corrected chi connectivity index (χ4v) is 3.77. The number of hydrogen-bond donors (Lipinski definition) is 1. The number of allylic oxidation sites excluding steroid dienone is 2. The second-order valence-corrected chi connectivity index (χ2v) is 8.63. The molecule has 1 aromatic heterocycles. The number of esters is 1. The quantitative estimate of drug-likeness (QED) is 0.342. The number of thiazole rings is 1. The first kappa shape index (κ1) is 23.9. The molecule has 0 unspecified atom stereocenters. The lowest BCUT2D eigenvalue weighted by atomic mass is 10.0. The van der Waals surface area contributed by atoms with Crippen molar-refractivity contribution in [3.8, 4) is 5.75 Å². The fourth-order valence-electron chi connectivity index (χ4n) is 2.86. The Hall–Kier alpha value is -2.41. The summed E-state index contributed by atoms with van der Waals surface area (Å²) in [5.74, 6) is 0.693. The number of benzene rings is 1. The van der Waals surface area contributed by atoms with Crippen LogP contribution in [0.4, 0.5) is 5.13 Å². The molecule has 1 atom stereocenters. The molecule has 30 heavy (non-hydrogen) atoms. The Labute approximate surface area is 182 Å². The number of fused-ring (bicyclic) bond motifs is 1. The van der Waals surface area contributed by atoms with Crippen LogP contribution >= 0.6 is 11.3 Å². The van der Waals surface area contributed by atoms with E-state index in [1.54, 1.807) is 0 Å². The molecule has 0 radical (unpaired) electrons. The number of rotatable bonds is 12. The molecule has 0 aliphatic rings. The van der Waals surface area contributed by atoms with Crippen LogP contribution in [0.5, 0.6) is 5.75 Å². The zero-order valence-electron chi connectivity index (χ0n) is 18.3. The summed E-state index contributed by atoms with van der Waals surface area (Å²) in [5.41, 5.74) is 2.13. The van der Waals surface area contributed by atoms with Gasteiger partial charge in [0.15, 0.2) is 5.13 Å². The maximum Gasteiger partial charge on any atom is 0.306 e. The van der Waals surface area contributed by atoms with Gasteiger partial charge in [0.25, 0.3) is 0 Å². The molecule has 0 fully saturated rings. The van der Waals surface area contributed by atoms with Gasteiger partial charge in [-0.25, -0.2) is 4.98 Å². The standard InChI is InChI=1S/C23H32N2O4S/c1-5-28-18-9-10-19-20(15-18)30-23(24-19)25-21(26)11-12-22(27)29-14-13-17(4)8-6-7-16(2)3/h7,9-10,15,17H,5-6,8,11-14H2,1-4H3,(H,24,25,26)/t17-/m1/s1. The summed E-state index contributed by atoms with van der Waals surface area (Å²) >= 11 is 1.38. The average molecular weight is 433 g/mol. The number of carbonyl (C=O) groups excluding carboxylic acids is 2. The molecule has 0 spiro atoms. The van der Waals surface area contributed by atoms with E-state index in [4.69, 9.17) is 9.47 Å². The molecule has 1 amide bonds. The maximum absolute atomic E-state index is 12.1. The number of nitrogens with zero attached hydrogens (tertiary/aromatic N) is 1. The molecule has 1 N–H and O–H groups in total. The van der Waals surface area contributed by atoms with Crippen molar-refractivity contribution in [2.45, 2.75) is 59.8 Å². The van der Waals surface area contributed by atoms with E-state index in [2.05, 4.69) is 37.1 Å². The summed E-state index contributed by atoms with van der Waals surface area (Å²) in [6.07, 6.45) is 5.34. The van der Waals surface area contributed by atoms with Gasteiger partial charge in [0.1, 0.15) is 5.75 Å². The van der Waals surface area contributed by atoms with Crippen LogP contribution in [0.15, 0.2) is 29.8 Å². The van der Waals surface area contributed by atoms with Crippen LogP contribution in [0.3, 0.4) is 0 Å². The predicted octanol–water partition coefficient (Wildman–Crippen LogP) is 5.73. The summed E-state index contributed by atoms with van der Waals surface area (Å²) in [5, 5.41) is 3.28. The van der Waals surface area contributed by atoms with Crippen molar-refractivity contribution < 1.29 is 19.1 Å². The average Bonchev–Trinajstić information content (AvgIpc) is 3.07. The number of carbonyl (C=O) groups is 2. The molecule has 0 aliphatic heterocycles. The second-order valence-electron chi connectivity index (χ2n) is 7.60. The molecular weight excluding hydrogens is 400 g/mol. The minimum absolute atomic E-state index is 0.0668. The van der Waals surface area contributed by atoms with E-state index in [0.717, 1.165) is 35.2 Å². The van der Waals surface area contributed by atoms with Crippen LogP contribution in [0.2, 0.25) is 0 Å². The van der Waals surface area contributed by atoms with E-state index in [0.29, 0.717) is 24.3 Å². The first-order valence-electron chi connectivity index (χ1n) is 10.5. The smallest absolute Gasteiger partial charge is 0.306 e. The molecule has 0 aliphatic carbocycles. The Morgan fingerprint density at radius 3 is 2.77 bits per heavy atom.